The Bertz CT molecular complexity index is 464. The molecule has 0 spiro atoms. The quantitative estimate of drug-likeness (QED) is 0.887. The van der Waals surface area contributed by atoms with Crippen molar-refractivity contribution in [2.45, 2.75) is 71.9 Å². The number of nitrogens with two attached hydrogens (primary N) is 1. The summed E-state index contributed by atoms with van der Waals surface area (Å²) in [6, 6.07) is 6.66. The molecule has 0 aliphatic heterocycles. The lowest BCUT2D eigenvalue weighted by Crippen LogP contribution is -2.46. The van der Waals surface area contributed by atoms with Crippen molar-refractivity contribution in [2.24, 2.45) is 11.1 Å². The second-order valence-corrected chi connectivity index (χ2v) is 7.42. The van der Waals surface area contributed by atoms with Crippen LogP contribution in [0, 0.1) is 12.3 Å². The van der Waals surface area contributed by atoms with Crippen LogP contribution in [0.4, 0.5) is 0 Å². The van der Waals surface area contributed by atoms with Gasteiger partial charge in [-0.2, -0.15) is 0 Å². The lowest BCUT2D eigenvalue weighted by atomic mass is 9.74. The number of aryl methyl sites for hydroxylation is 1. The van der Waals surface area contributed by atoms with E-state index in [1.165, 1.54) is 17.5 Å². The minimum absolute atomic E-state index is 0.137. The zero-order chi connectivity index (χ0) is 14.9. The molecule has 1 aromatic carbocycles. The molecule has 2 atom stereocenters. The molecule has 2 rings (SSSR count). The van der Waals surface area contributed by atoms with Gasteiger partial charge in [-0.15, -0.1) is 0 Å². The summed E-state index contributed by atoms with van der Waals surface area (Å²) in [4.78, 5) is 0. The predicted molar refractivity (Wildman–Crippen MR) is 85.3 cm³/mol. The van der Waals surface area contributed by atoms with Crippen molar-refractivity contribution in [3.05, 3.63) is 29.3 Å². The topological polar surface area (TPSA) is 35.2 Å². The molecule has 0 radical (unpaired) electrons. The fourth-order valence-electron chi connectivity index (χ4n) is 3.05. The minimum Gasteiger partial charge on any atom is -0.488 e. The summed E-state index contributed by atoms with van der Waals surface area (Å²) in [7, 11) is 0. The first-order valence-electron chi connectivity index (χ1n) is 7.81. The highest BCUT2D eigenvalue weighted by molar-refractivity contribution is 5.39. The molecule has 1 saturated carbocycles. The van der Waals surface area contributed by atoms with E-state index < -0.39 is 0 Å². The maximum atomic E-state index is 6.35. The van der Waals surface area contributed by atoms with Gasteiger partial charge < -0.3 is 10.5 Å². The highest BCUT2D eigenvalue weighted by atomic mass is 16.5. The van der Waals surface area contributed by atoms with E-state index in [0.29, 0.717) is 11.3 Å². The Morgan fingerprint density at radius 2 is 2.00 bits per heavy atom. The largest absolute Gasteiger partial charge is 0.488 e. The third kappa shape index (κ3) is 3.54. The lowest BCUT2D eigenvalue weighted by molar-refractivity contribution is 0.0660. The highest BCUT2D eigenvalue weighted by Gasteiger charge is 2.34. The first kappa shape index (κ1) is 15.4. The van der Waals surface area contributed by atoms with E-state index in [2.05, 4.69) is 52.8 Å². The van der Waals surface area contributed by atoms with E-state index in [0.717, 1.165) is 18.6 Å². The van der Waals surface area contributed by atoms with Gasteiger partial charge in [0, 0.05) is 6.04 Å². The van der Waals surface area contributed by atoms with Crippen molar-refractivity contribution in [3.8, 4) is 5.75 Å². The van der Waals surface area contributed by atoms with Crippen LogP contribution in [0.5, 0.6) is 5.75 Å². The second-order valence-electron chi connectivity index (χ2n) is 7.42. The van der Waals surface area contributed by atoms with Crippen molar-refractivity contribution in [1.29, 1.82) is 0 Å². The number of benzene rings is 1. The van der Waals surface area contributed by atoms with Gasteiger partial charge in [-0.3, -0.25) is 0 Å². The minimum atomic E-state index is 0.137. The van der Waals surface area contributed by atoms with Gasteiger partial charge in [-0.1, -0.05) is 39.8 Å². The van der Waals surface area contributed by atoms with Crippen LogP contribution in [0.15, 0.2) is 18.2 Å². The fraction of sp³-hybridized carbons (Fsp3) is 0.667. The molecule has 2 N–H and O–H groups in total. The molecule has 1 aliphatic carbocycles. The van der Waals surface area contributed by atoms with Crippen molar-refractivity contribution in [1.82, 2.24) is 0 Å². The summed E-state index contributed by atoms with van der Waals surface area (Å²) in [5.74, 6) is 1.50. The Balaban J connectivity index is 2.22. The van der Waals surface area contributed by atoms with E-state index in [1.54, 1.807) is 0 Å². The summed E-state index contributed by atoms with van der Waals surface area (Å²) in [6.45, 7) is 11.2. The third-order valence-electron chi connectivity index (χ3n) is 4.46. The molecule has 2 nitrogen and oxygen atoms in total. The summed E-state index contributed by atoms with van der Waals surface area (Å²) < 4.78 is 6.35. The molecule has 20 heavy (non-hydrogen) atoms. The van der Waals surface area contributed by atoms with E-state index in [1.807, 2.05) is 0 Å². The Hall–Kier alpha value is -1.02. The maximum absolute atomic E-state index is 6.35. The molecule has 1 aromatic rings. The predicted octanol–water partition coefficient (Wildman–Crippen LogP) is 4.40. The molecular weight excluding hydrogens is 246 g/mol. The molecule has 0 heterocycles. The van der Waals surface area contributed by atoms with Gasteiger partial charge in [-0.25, -0.2) is 0 Å². The van der Waals surface area contributed by atoms with Gasteiger partial charge in [0.1, 0.15) is 11.9 Å². The second kappa shape index (κ2) is 5.77. The van der Waals surface area contributed by atoms with Gasteiger partial charge >= 0.3 is 0 Å². The number of ether oxygens (including phenoxy) is 1. The number of hydrogen-bond acceptors (Lipinski definition) is 2. The van der Waals surface area contributed by atoms with Crippen LogP contribution in [0.3, 0.4) is 0 Å². The SMILES string of the molecule is Cc1ccc(C(C)C)c(OC2CC(C)(C)CCC2N)c1. The first-order chi connectivity index (χ1) is 9.28. The molecule has 2 unspecified atom stereocenters. The fourth-order valence-corrected chi connectivity index (χ4v) is 3.05. The Morgan fingerprint density at radius 3 is 2.65 bits per heavy atom. The molecule has 1 aliphatic rings. The lowest BCUT2D eigenvalue weighted by Gasteiger charge is -2.39. The summed E-state index contributed by atoms with van der Waals surface area (Å²) >= 11 is 0. The molecular formula is C18H29NO. The van der Waals surface area contributed by atoms with Crippen molar-refractivity contribution < 1.29 is 4.74 Å². The number of rotatable bonds is 3. The van der Waals surface area contributed by atoms with Gasteiger partial charge in [0.05, 0.1) is 0 Å². The van der Waals surface area contributed by atoms with Crippen LogP contribution >= 0.6 is 0 Å². The normalized spacial score (nSPS) is 25.8. The zero-order valence-electron chi connectivity index (χ0n) is 13.6. The smallest absolute Gasteiger partial charge is 0.123 e. The average Bonchev–Trinajstić information content (AvgIpc) is 2.33. The summed E-state index contributed by atoms with van der Waals surface area (Å²) in [5, 5.41) is 0. The maximum Gasteiger partial charge on any atom is 0.123 e. The summed E-state index contributed by atoms with van der Waals surface area (Å²) in [6.07, 6.45) is 3.43. The van der Waals surface area contributed by atoms with Crippen LogP contribution in [-0.4, -0.2) is 12.1 Å². The van der Waals surface area contributed by atoms with E-state index in [4.69, 9.17) is 10.5 Å². The molecule has 0 amide bonds. The molecule has 1 fully saturated rings. The van der Waals surface area contributed by atoms with Gasteiger partial charge in [-0.05, 0) is 54.7 Å². The average molecular weight is 275 g/mol. The van der Waals surface area contributed by atoms with Crippen LogP contribution in [-0.2, 0) is 0 Å². The molecule has 2 heteroatoms. The summed E-state index contributed by atoms with van der Waals surface area (Å²) in [5.41, 5.74) is 9.15. The van der Waals surface area contributed by atoms with Crippen molar-refractivity contribution >= 4 is 0 Å². The van der Waals surface area contributed by atoms with E-state index >= 15 is 0 Å². The molecule has 0 saturated heterocycles. The monoisotopic (exact) mass is 275 g/mol. The first-order valence-corrected chi connectivity index (χ1v) is 7.81. The molecule has 0 aromatic heterocycles. The van der Waals surface area contributed by atoms with Crippen molar-refractivity contribution in [2.75, 3.05) is 0 Å². The molecule has 112 valence electrons. The van der Waals surface area contributed by atoms with Gasteiger partial charge in [0.15, 0.2) is 0 Å². The van der Waals surface area contributed by atoms with Crippen LogP contribution in [0.2, 0.25) is 0 Å². The van der Waals surface area contributed by atoms with Crippen LogP contribution in [0.25, 0.3) is 0 Å². The third-order valence-corrected chi connectivity index (χ3v) is 4.46. The Kier molecular flexibility index (Phi) is 4.43. The van der Waals surface area contributed by atoms with Gasteiger partial charge in [0.25, 0.3) is 0 Å². The van der Waals surface area contributed by atoms with Crippen LogP contribution < -0.4 is 10.5 Å². The standard InChI is InChI=1S/C18H29NO/c1-12(2)14-7-6-13(3)10-16(14)20-17-11-18(4,5)9-8-15(17)19/h6-7,10,12,15,17H,8-9,11,19H2,1-5H3. The van der Waals surface area contributed by atoms with Gasteiger partial charge in [0.2, 0.25) is 0 Å². The Labute approximate surface area is 123 Å². The van der Waals surface area contributed by atoms with Crippen molar-refractivity contribution in [3.63, 3.8) is 0 Å². The number of hydrogen-bond donors (Lipinski definition) is 1. The van der Waals surface area contributed by atoms with E-state index in [9.17, 15) is 0 Å². The molecule has 0 bridgehead atoms. The highest BCUT2D eigenvalue weighted by Crippen LogP contribution is 2.38. The Morgan fingerprint density at radius 1 is 1.30 bits per heavy atom. The van der Waals surface area contributed by atoms with Crippen LogP contribution in [0.1, 0.15) is 64.0 Å². The van der Waals surface area contributed by atoms with E-state index in [-0.39, 0.29) is 12.1 Å². The zero-order valence-corrected chi connectivity index (χ0v) is 13.6.